The Hall–Kier alpha value is -3.78. The van der Waals surface area contributed by atoms with E-state index in [1.807, 2.05) is 35.9 Å². The molecule has 1 saturated carbocycles. The van der Waals surface area contributed by atoms with Crippen LogP contribution >= 0.6 is 11.3 Å². The minimum absolute atomic E-state index is 0.00235. The number of carbonyl (C=O) groups excluding carboxylic acids is 1. The average molecular weight is 805 g/mol. The van der Waals surface area contributed by atoms with Gasteiger partial charge in [0.1, 0.15) is 6.54 Å². The van der Waals surface area contributed by atoms with Gasteiger partial charge in [0.05, 0.1) is 40.0 Å². The molecule has 57 heavy (non-hydrogen) atoms. The van der Waals surface area contributed by atoms with E-state index in [1.54, 1.807) is 12.1 Å². The number of allylic oxidation sites excluding steroid dienone is 1. The Morgan fingerprint density at radius 2 is 1.88 bits per heavy atom. The average Bonchev–Trinajstić information content (AvgIpc) is 3.88. The fraction of sp³-hybridized carbons (Fsp3) is 0.568. The molecule has 3 aliphatic rings. The van der Waals surface area contributed by atoms with Gasteiger partial charge in [-0.2, -0.15) is 13.2 Å². The smallest absolute Gasteiger partial charge is 0.368 e. The molecule has 1 amide bonds. The van der Waals surface area contributed by atoms with Crippen LogP contribution in [-0.4, -0.2) is 94.9 Å². The summed E-state index contributed by atoms with van der Waals surface area (Å²) in [6.45, 7) is 16.5. The summed E-state index contributed by atoms with van der Waals surface area (Å²) in [7, 11) is 1.79. The van der Waals surface area contributed by atoms with E-state index in [4.69, 9.17) is 9.97 Å². The largest absolute Gasteiger partial charge is 0.406 e. The number of aromatic nitrogens is 3. The summed E-state index contributed by atoms with van der Waals surface area (Å²) >= 11 is 1.50. The summed E-state index contributed by atoms with van der Waals surface area (Å²) in [5, 5.41) is 8.49. The van der Waals surface area contributed by atoms with E-state index < -0.39 is 18.8 Å². The lowest BCUT2D eigenvalue weighted by Crippen LogP contribution is -2.54. The molecule has 0 bridgehead atoms. The number of nitrogens with zero attached hydrogens (tertiary/aromatic N) is 6. The molecule has 1 unspecified atom stereocenters. The van der Waals surface area contributed by atoms with Gasteiger partial charge in [-0.3, -0.25) is 19.7 Å². The Labute approximate surface area is 339 Å². The highest BCUT2D eigenvalue weighted by Crippen LogP contribution is 2.44. The Morgan fingerprint density at radius 1 is 1.11 bits per heavy atom. The van der Waals surface area contributed by atoms with Gasteiger partial charge in [0.2, 0.25) is 0 Å². The Kier molecular flexibility index (Phi) is 12.5. The van der Waals surface area contributed by atoms with Gasteiger partial charge in [0.15, 0.2) is 0 Å². The summed E-state index contributed by atoms with van der Waals surface area (Å²) in [4.78, 5) is 28.2. The first-order valence-corrected chi connectivity index (χ1v) is 21.6. The van der Waals surface area contributed by atoms with Crippen LogP contribution in [0.4, 0.5) is 18.9 Å². The third kappa shape index (κ3) is 9.58. The number of rotatable bonds is 15. The monoisotopic (exact) mass is 804 g/mol. The minimum atomic E-state index is -4.45. The molecular formula is C44H59F3N8OS. The van der Waals surface area contributed by atoms with E-state index >= 15 is 0 Å². The highest BCUT2D eigenvalue weighted by Gasteiger charge is 2.36. The van der Waals surface area contributed by atoms with Crippen LogP contribution in [-0.2, 0) is 24.2 Å². The Morgan fingerprint density at radius 3 is 2.53 bits per heavy atom. The number of carbonyl (C=O) groups is 1. The molecule has 1 atom stereocenters. The molecule has 5 heterocycles. The number of likely N-dealkylation sites (N-methyl/N-ethyl adjacent to an activating group) is 1. The molecule has 9 nitrogen and oxygen atoms in total. The number of anilines is 1. The maximum Gasteiger partial charge on any atom is 0.406 e. The lowest BCUT2D eigenvalue weighted by atomic mass is 9.80. The van der Waals surface area contributed by atoms with Gasteiger partial charge in [-0.05, 0) is 87.1 Å². The van der Waals surface area contributed by atoms with Crippen molar-refractivity contribution >= 4 is 33.8 Å². The molecule has 3 aromatic heterocycles. The zero-order chi connectivity index (χ0) is 40.5. The van der Waals surface area contributed by atoms with Crippen LogP contribution < -0.4 is 15.6 Å². The molecule has 1 aromatic carbocycles. The van der Waals surface area contributed by atoms with Crippen molar-refractivity contribution in [3.05, 3.63) is 64.8 Å². The summed E-state index contributed by atoms with van der Waals surface area (Å²) in [5.41, 5.74) is 9.12. The summed E-state index contributed by atoms with van der Waals surface area (Å²) < 4.78 is 45.8. The van der Waals surface area contributed by atoms with Gasteiger partial charge in [-0.25, -0.2) is 10.4 Å². The number of piperazine rings is 1. The van der Waals surface area contributed by atoms with E-state index in [0.29, 0.717) is 36.6 Å². The van der Waals surface area contributed by atoms with Gasteiger partial charge >= 0.3 is 6.18 Å². The molecule has 2 N–H and O–H groups in total. The molecule has 13 heteroatoms. The molecule has 0 radical (unpaired) electrons. The number of hydrazine groups is 1. The van der Waals surface area contributed by atoms with E-state index in [9.17, 15) is 18.0 Å². The zero-order valence-corrected chi connectivity index (χ0v) is 35.0. The predicted molar refractivity (Wildman–Crippen MR) is 226 cm³/mol. The maximum absolute atomic E-state index is 14.8. The fourth-order valence-corrected chi connectivity index (χ4v) is 9.48. The summed E-state index contributed by atoms with van der Waals surface area (Å²) in [6.07, 6.45) is 6.59. The van der Waals surface area contributed by atoms with Crippen molar-refractivity contribution in [1.82, 2.24) is 35.2 Å². The third-order valence-electron chi connectivity index (χ3n) is 11.9. The normalized spacial score (nSPS) is 17.8. The van der Waals surface area contributed by atoms with Gasteiger partial charge < -0.3 is 14.8 Å². The molecule has 4 aromatic rings. The molecule has 0 spiro atoms. The quantitative estimate of drug-likeness (QED) is 0.117. The van der Waals surface area contributed by atoms with Crippen LogP contribution in [0.1, 0.15) is 88.4 Å². The highest BCUT2D eigenvalue weighted by atomic mass is 32.1. The fourth-order valence-electron chi connectivity index (χ4n) is 8.63. The lowest BCUT2D eigenvalue weighted by molar-refractivity contribution is -0.139. The standard InChI is InChI=1S/C44H59F3N8OS/c1-7-8-15-43(4,5)25-35-33-22-30(37-27-57-39(51-37)24-36(48-6)42(56)55-17-10-9-16-50-55)11-14-38(33)54(28-44(45,46)47)41(35)34-23-32(26-49-40(34)29(2)3)53-20-18-52(19-21-53)31-12-13-31/h7,11,14,22-23,26-27,29,31,36,48,50H,1,8-10,12-13,15-21,24-25,28H2,2-6H3. The number of fused-ring (bicyclic) bond motifs is 1. The van der Waals surface area contributed by atoms with Crippen molar-refractivity contribution in [2.24, 2.45) is 5.41 Å². The van der Waals surface area contributed by atoms with Crippen LogP contribution in [0.5, 0.6) is 0 Å². The molecule has 3 fully saturated rings. The Bertz CT molecular complexity index is 2040. The Balaban J connectivity index is 1.33. The number of alkyl halides is 3. The molecule has 7 rings (SSSR count). The van der Waals surface area contributed by atoms with Gasteiger partial charge in [-0.1, -0.05) is 39.8 Å². The number of benzene rings is 1. The van der Waals surface area contributed by atoms with Crippen molar-refractivity contribution in [2.75, 3.05) is 51.2 Å². The van der Waals surface area contributed by atoms with Gasteiger partial charge in [-0.15, -0.1) is 17.9 Å². The van der Waals surface area contributed by atoms with Crippen LogP contribution in [0.3, 0.4) is 0 Å². The highest BCUT2D eigenvalue weighted by molar-refractivity contribution is 7.10. The molecular weight excluding hydrogens is 746 g/mol. The number of hydrogen-bond acceptors (Lipinski definition) is 8. The van der Waals surface area contributed by atoms with Gasteiger partial charge in [0, 0.05) is 79.1 Å². The second-order valence-corrected chi connectivity index (χ2v) is 18.2. The van der Waals surface area contributed by atoms with Crippen molar-refractivity contribution < 1.29 is 18.0 Å². The van der Waals surface area contributed by atoms with Crippen LogP contribution in [0.15, 0.2) is 48.5 Å². The SMILES string of the molecule is C=CCCC(C)(C)Cc1c(-c2cc(N3CCN(C4CC4)CC3)cnc2C(C)C)n(CC(F)(F)F)c2ccc(-c3csc(CC(NC)C(=O)N4CCCCN4)n3)cc12. The molecule has 2 aliphatic heterocycles. The molecule has 308 valence electrons. The zero-order valence-electron chi connectivity index (χ0n) is 34.2. The number of amides is 1. The first-order chi connectivity index (χ1) is 27.2. The van der Waals surface area contributed by atoms with E-state index in [2.05, 4.69) is 60.9 Å². The first kappa shape index (κ1) is 41.4. The second-order valence-electron chi connectivity index (χ2n) is 17.2. The number of halogens is 3. The number of hydrogen-bond donors (Lipinski definition) is 2. The van der Waals surface area contributed by atoms with E-state index in [1.165, 1.54) is 28.7 Å². The third-order valence-corrected chi connectivity index (χ3v) is 12.8. The number of pyridine rings is 1. The van der Waals surface area contributed by atoms with Crippen molar-refractivity contribution in [3.8, 4) is 22.5 Å². The maximum atomic E-state index is 14.8. The minimum Gasteiger partial charge on any atom is -0.368 e. The second kappa shape index (κ2) is 17.2. The van der Waals surface area contributed by atoms with E-state index in [-0.39, 0.29) is 17.2 Å². The van der Waals surface area contributed by atoms with Gasteiger partial charge in [0.25, 0.3) is 5.91 Å². The molecule has 1 aliphatic carbocycles. The van der Waals surface area contributed by atoms with E-state index in [0.717, 1.165) is 103 Å². The summed E-state index contributed by atoms with van der Waals surface area (Å²) in [6, 6.07) is 8.15. The van der Waals surface area contributed by atoms with Crippen LogP contribution in [0.2, 0.25) is 0 Å². The van der Waals surface area contributed by atoms with Crippen molar-refractivity contribution in [2.45, 2.75) is 110 Å². The van der Waals surface area contributed by atoms with Crippen LogP contribution in [0.25, 0.3) is 33.4 Å². The number of thiazole rings is 1. The first-order valence-electron chi connectivity index (χ1n) is 20.7. The summed E-state index contributed by atoms with van der Waals surface area (Å²) in [5.74, 6) is -0.0137. The van der Waals surface area contributed by atoms with Crippen molar-refractivity contribution in [1.29, 1.82) is 0 Å². The predicted octanol–water partition coefficient (Wildman–Crippen LogP) is 8.59. The van der Waals surface area contributed by atoms with Crippen LogP contribution in [0, 0.1) is 5.41 Å². The topological polar surface area (TPSA) is 81.6 Å². The number of nitrogens with one attached hydrogen (secondary N) is 2. The lowest BCUT2D eigenvalue weighted by Gasteiger charge is -2.36. The molecule has 2 saturated heterocycles. The van der Waals surface area contributed by atoms with Crippen molar-refractivity contribution in [3.63, 3.8) is 0 Å².